The molecule has 134 valence electrons. The van der Waals surface area contributed by atoms with Gasteiger partial charge in [0.05, 0.1) is 12.2 Å². The molecule has 1 unspecified atom stereocenters. The highest BCUT2D eigenvalue weighted by atomic mass is 35.5. The molecule has 0 radical (unpaired) electrons. The smallest absolute Gasteiger partial charge is 0.256 e. The van der Waals surface area contributed by atoms with Gasteiger partial charge in [-0.25, -0.2) is 8.78 Å². The molecule has 0 spiro atoms. The van der Waals surface area contributed by atoms with Crippen LogP contribution in [0.2, 0.25) is 0 Å². The molecular weight excluding hydrogens is 344 g/mol. The zero-order valence-electron chi connectivity index (χ0n) is 13.2. The molecule has 2 rings (SSSR count). The van der Waals surface area contributed by atoms with Crippen molar-refractivity contribution in [2.75, 3.05) is 39.9 Å². The van der Waals surface area contributed by atoms with E-state index >= 15 is 0 Å². The van der Waals surface area contributed by atoms with Crippen molar-refractivity contribution < 1.29 is 23.1 Å². The number of rotatable bonds is 4. The van der Waals surface area contributed by atoms with E-state index in [-0.39, 0.29) is 43.6 Å². The second-order valence-electron chi connectivity index (χ2n) is 5.30. The maximum atomic E-state index is 13.7. The number of nitrogens with two attached hydrogens (primary N) is 1. The number of methoxy groups -OCH3 is 1. The Labute approximate surface area is 144 Å². The first kappa shape index (κ1) is 20.3. The molecule has 0 aliphatic carbocycles. The van der Waals surface area contributed by atoms with Crippen molar-refractivity contribution in [3.8, 4) is 0 Å². The normalized spacial score (nSPS) is 15.7. The first-order valence-electron chi connectivity index (χ1n) is 7.21. The van der Waals surface area contributed by atoms with Crippen LogP contribution >= 0.6 is 12.4 Å². The third kappa shape index (κ3) is 4.62. The monoisotopic (exact) mass is 363 g/mol. The quantitative estimate of drug-likeness (QED) is 0.852. The van der Waals surface area contributed by atoms with E-state index in [0.29, 0.717) is 19.2 Å². The average molecular weight is 364 g/mol. The van der Waals surface area contributed by atoms with Gasteiger partial charge in [-0.1, -0.05) is 0 Å². The van der Waals surface area contributed by atoms with Crippen molar-refractivity contribution in [1.82, 2.24) is 9.80 Å². The Bertz CT molecular complexity index is 595. The summed E-state index contributed by atoms with van der Waals surface area (Å²) in [5.41, 5.74) is 5.52. The topological polar surface area (TPSA) is 75.9 Å². The van der Waals surface area contributed by atoms with Crippen LogP contribution in [0.3, 0.4) is 0 Å². The maximum Gasteiger partial charge on any atom is 0.256 e. The number of ether oxygens (including phenoxy) is 1. The summed E-state index contributed by atoms with van der Waals surface area (Å²) in [4.78, 5) is 27.3. The predicted octanol–water partition coefficient (Wildman–Crippen LogP) is 0.645. The zero-order chi connectivity index (χ0) is 17.0. The molecule has 2 N–H and O–H groups in total. The molecular formula is C15H20ClF2N3O3. The van der Waals surface area contributed by atoms with Crippen LogP contribution in [-0.2, 0) is 9.53 Å². The molecule has 6 nitrogen and oxygen atoms in total. The summed E-state index contributed by atoms with van der Waals surface area (Å²) in [6, 6.07) is 2.10. The fraction of sp³-hybridized carbons (Fsp3) is 0.467. The second kappa shape index (κ2) is 8.91. The lowest BCUT2D eigenvalue weighted by molar-refractivity contribution is -0.135. The highest BCUT2D eigenvalue weighted by Gasteiger charge is 2.28. The van der Waals surface area contributed by atoms with E-state index in [4.69, 9.17) is 10.5 Å². The molecule has 1 aliphatic heterocycles. The van der Waals surface area contributed by atoms with Gasteiger partial charge in [-0.05, 0) is 12.1 Å². The number of hydrogen-bond donors (Lipinski definition) is 1. The molecule has 0 bridgehead atoms. The number of benzene rings is 1. The number of carbonyl (C=O) groups is 2. The standard InChI is InChI=1S/C15H19F2N3O3.ClH/c1-23-9-13(18)15(22)20-6-4-19(5-7-20)14(21)11-3-2-10(16)8-12(11)17;/h2-3,8,13H,4-7,9,18H2,1H3;1H. The first-order chi connectivity index (χ1) is 10.9. The number of nitrogens with zero attached hydrogens (tertiary/aromatic N) is 2. The number of piperazine rings is 1. The van der Waals surface area contributed by atoms with Gasteiger partial charge < -0.3 is 20.3 Å². The highest BCUT2D eigenvalue weighted by molar-refractivity contribution is 5.94. The van der Waals surface area contributed by atoms with Crippen LogP contribution < -0.4 is 5.73 Å². The maximum absolute atomic E-state index is 13.7. The van der Waals surface area contributed by atoms with Gasteiger partial charge in [-0.3, -0.25) is 9.59 Å². The van der Waals surface area contributed by atoms with E-state index in [9.17, 15) is 18.4 Å². The summed E-state index contributed by atoms with van der Waals surface area (Å²) in [5, 5.41) is 0. The molecule has 2 amide bonds. The van der Waals surface area contributed by atoms with Crippen LogP contribution in [0.25, 0.3) is 0 Å². The van der Waals surface area contributed by atoms with Gasteiger partial charge >= 0.3 is 0 Å². The van der Waals surface area contributed by atoms with Gasteiger partial charge in [0, 0.05) is 39.4 Å². The van der Waals surface area contributed by atoms with Crippen molar-refractivity contribution in [2.45, 2.75) is 6.04 Å². The molecule has 1 atom stereocenters. The van der Waals surface area contributed by atoms with Crippen molar-refractivity contribution in [2.24, 2.45) is 5.73 Å². The molecule has 1 heterocycles. The summed E-state index contributed by atoms with van der Waals surface area (Å²) in [7, 11) is 1.46. The molecule has 0 aromatic heterocycles. The van der Waals surface area contributed by atoms with E-state index in [2.05, 4.69) is 0 Å². The van der Waals surface area contributed by atoms with Gasteiger partial charge in [-0.15, -0.1) is 12.4 Å². The second-order valence-corrected chi connectivity index (χ2v) is 5.30. The van der Waals surface area contributed by atoms with Crippen molar-refractivity contribution in [1.29, 1.82) is 0 Å². The molecule has 1 saturated heterocycles. The minimum Gasteiger partial charge on any atom is -0.383 e. The van der Waals surface area contributed by atoms with Gasteiger partial charge in [0.25, 0.3) is 5.91 Å². The van der Waals surface area contributed by atoms with E-state index in [1.165, 1.54) is 12.0 Å². The van der Waals surface area contributed by atoms with Gasteiger partial charge in [0.2, 0.25) is 5.91 Å². The first-order valence-corrected chi connectivity index (χ1v) is 7.21. The lowest BCUT2D eigenvalue weighted by atomic mass is 10.1. The summed E-state index contributed by atoms with van der Waals surface area (Å²) in [6.07, 6.45) is 0. The Balaban J connectivity index is 0.00000288. The summed E-state index contributed by atoms with van der Waals surface area (Å²) < 4.78 is 31.4. The third-order valence-corrected chi connectivity index (χ3v) is 3.70. The lowest BCUT2D eigenvalue weighted by Crippen LogP contribution is -2.55. The molecule has 1 fully saturated rings. The molecule has 24 heavy (non-hydrogen) atoms. The Kier molecular flexibility index (Phi) is 7.53. The van der Waals surface area contributed by atoms with E-state index in [1.54, 1.807) is 4.90 Å². The Morgan fingerprint density at radius 3 is 2.33 bits per heavy atom. The molecule has 1 aromatic rings. The summed E-state index contributed by atoms with van der Waals surface area (Å²) >= 11 is 0. The average Bonchev–Trinajstić information content (AvgIpc) is 2.54. The molecule has 1 aliphatic rings. The third-order valence-electron chi connectivity index (χ3n) is 3.70. The number of amides is 2. The largest absolute Gasteiger partial charge is 0.383 e. The predicted molar refractivity (Wildman–Crippen MR) is 85.9 cm³/mol. The summed E-state index contributed by atoms with van der Waals surface area (Å²) in [6.45, 7) is 1.27. The Morgan fingerprint density at radius 2 is 1.79 bits per heavy atom. The number of halogens is 3. The molecule has 9 heteroatoms. The van der Waals surface area contributed by atoms with Crippen LogP contribution in [-0.4, -0.2) is 67.6 Å². The molecule has 1 aromatic carbocycles. The van der Waals surface area contributed by atoms with Crippen molar-refractivity contribution in [3.63, 3.8) is 0 Å². The Hall–Kier alpha value is -1.77. The van der Waals surface area contributed by atoms with Crippen molar-refractivity contribution in [3.05, 3.63) is 35.4 Å². The van der Waals surface area contributed by atoms with Crippen LogP contribution in [0, 0.1) is 11.6 Å². The molecule has 0 saturated carbocycles. The van der Waals surface area contributed by atoms with E-state index in [0.717, 1.165) is 12.1 Å². The fourth-order valence-corrected chi connectivity index (χ4v) is 2.45. The van der Waals surface area contributed by atoms with E-state index < -0.39 is 23.6 Å². The highest BCUT2D eigenvalue weighted by Crippen LogP contribution is 2.14. The number of carbonyl (C=O) groups excluding carboxylic acids is 2. The van der Waals surface area contributed by atoms with Gasteiger partial charge in [-0.2, -0.15) is 0 Å². The summed E-state index contributed by atoms with van der Waals surface area (Å²) in [5.74, 6) is -2.39. The van der Waals surface area contributed by atoms with Crippen LogP contribution in [0.15, 0.2) is 18.2 Å². The SMILES string of the molecule is COCC(N)C(=O)N1CCN(C(=O)c2ccc(F)cc2F)CC1.Cl. The lowest BCUT2D eigenvalue weighted by Gasteiger charge is -2.35. The number of hydrogen-bond acceptors (Lipinski definition) is 4. The fourth-order valence-electron chi connectivity index (χ4n) is 2.45. The Morgan fingerprint density at radius 1 is 1.21 bits per heavy atom. The van der Waals surface area contributed by atoms with Crippen LogP contribution in [0.4, 0.5) is 8.78 Å². The van der Waals surface area contributed by atoms with Gasteiger partial charge in [0.15, 0.2) is 0 Å². The minimum absolute atomic E-state index is 0. The minimum atomic E-state index is -0.893. The van der Waals surface area contributed by atoms with Crippen LogP contribution in [0.1, 0.15) is 10.4 Å². The van der Waals surface area contributed by atoms with Crippen LogP contribution in [0.5, 0.6) is 0 Å². The van der Waals surface area contributed by atoms with Crippen molar-refractivity contribution >= 4 is 24.2 Å². The van der Waals surface area contributed by atoms with E-state index in [1.807, 2.05) is 0 Å². The van der Waals surface area contributed by atoms with Gasteiger partial charge in [0.1, 0.15) is 17.7 Å². The zero-order valence-corrected chi connectivity index (χ0v) is 14.0.